The van der Waals surface area contributed by atoms with Crippen LogP contribution in [0.5, 0.6) is 0 Å². The zero-order valence-electron chi connectivity index (χ0n) is 24.6. The minimum atomic E-state index is -4.44. The highest BCUT2D eigenvalue weighted by atomic mass is 19.4. The summed E-state index contributed by atoms with van der Waals surface area (Å²) in [7, 11) is 0. The summed E-state index contributed by atoms with van der Waals surface area (Å²) in [6.45, 7) is 2.06. The number of carbonyl (C=O) groups is 3. The van der Waals surface area contributed by atoms with E-state index in [2.05, 4.69) is 30.8 Å². The summed E-state index contributed by atoms with van der Waals surface area (Å²) >= 11 is 0. The molecule has 2 heterocycles. The van der Waals surface area contributed by atoms with Gasteiger partial charge in [-0.1, -0.05) is 12.5 Å². The Kier molecular flexibility index (Phi) is 9.12. The van der Waals surface area contributed by atoms with E-state index in [-0.39, 0.29) is 42.9 Å². The predicted molar refractivity (Wildman–Crippen MR) is 151 cm³/mol. The number of hydrogen-bond donors (Lipinski definition) is 4. The first-order valence-corrected chi connectivity index (χ1v) is 15.0. The molecule has 2 atom stereocenters. The maximum absolute atomic E-state index is 14.1. The lowest BCUT2D eigenvalue weighted by atomic mass is 9.81. The number of carbonyl (C=O) groups excluding carboxylic acids is 3. The van der Waals surface area contributed by atoms with E-state index in [1.807, 2.05) is 0 Å². The van der Waals surface area contributed by atoms with Crippen molar-refractivity contribution < 1.29 is 36.3 Å². The third-order valence-electron chi connectivity index (χ3n) is 8.60. The number of nitrogens with two attached hydrogens (primary N) is 1. The third kappa shape index (κ3) is 7.95. The maximum atomic E-state index is 14.1. The van der Waals surface area contributed by atoms with E-state index in [0.717, 1.165) is 19.3 Å². The van der Waals surface area contributed by atoms with E-state index in [9.17, 15) is 36.3 Å². The molecule has 2 fully saturated rings. The number of rotatable bonds is 11. The van der Waals surface area contributed by atoms with Crippen LogP contribution in [0.2, 0.25) is 0 Å². The molecule has 5 N–H and O–H groups in total. The number of H-pyrrole nitrogens is 1. The summed E-state index contributed by atoms with van der Waals surface area (Å²) in [6, 6.07) is 3.50. The Morgan fingerprint density at radius 2 is 1.78 bits per heavy atom. The molecule has 1 aromatic carbocycles. The molecule has 0 unspecified atom stereocenters. The van der Waals surface area contributed by atoms with Gasteiger partial charge in [0.2, 0.25) is 11.8 Å². The van der Waals surface area contributed by atoms with Gasteiger partial charge in [-0.15, -0.1) is 10.2 Å². The quantitative estimate of drug-likeness (QED) is 0.219. The van der Waals surface area contributed by atoms with Crippen LogP contribution < -0.4 is 16.4 Å². The SMILES string of the molecule is C[C@@H](NC(=O)CCC(F)(F)F)c1ccc2nc([C@@H](NC(=O)c3nn(CC4CCC4)nc3C(N)=O)C3CCC(F)(F)CC3)[nH]c2c1. The number of primary amides is 1. The van der Waals surface area contributed by atoms with Crippen LogP contribution in [0.3, 0.4) is 0 Å². The Morgan fingerprint density at radius 3 is 2.40 bits per heavy atom. The fourth-order valence-electron chi connectivity index (χ4n) is 5.79. The number of alkyl halides is 5. The van der Waals surface area contributed by atoms with E-state index in [1.165, 1.54) is 4.80 Å². The first kappa shape index (κ1) is 32.3. The van der Waals surface area contributed by atoms with Crippen molar-refractivity contribution in [2.24, 2.45) is 17.6 Å². The van der Waals surface area contributed by atoms with Crippen LogP contribution in [0, 0.1) is 11.8 Å². The monoisotopic (exact) mass is 638 g/mol. The van der Waals surface area contributed by atoms with Crippen molar-refractivity contribution in [2.45, 2.75) is 95.4 Å². The molecular formula is C29H35F5N8O3. The molecule has 0 aliphatic heterocycles. The van der Waals surface area contributed by atoms with Gasteiger partial charge in [0.1, 0.15) is 5.82 Å². The van der Waals surface area contributed by atoms with Crippen LogP contribution in [0.25, 0.3) is 11.0 Å². The van der Waals surface area contributed by atoms with Crippen molar-refractivity contribution in [1.82, 2.24) is 35.6 Å². The highest BCUT2D eigenvalue weighted by Gasteiger charge is 2.40. The van der Waals surface area contributed by atoms with Gasteiger partial charge in [-0.05, 0) is 62.1 Å². The lowest BCUT2D eigenvalue weighted by Gasteiger charge is -2.33. The number of halogens is 5. The van der Waals surface area contributed by atoms with E-state index in [4.69, 9.17) is 5.73 Å². The first-order valence-electron chi connectivity index (χ1n) is 15.0. The molecule has 2 aliphatic carbocycles. The summed E-state index contributed by atoms with van der Waals surface area (Å²) in [4.78, 5) is 46.8. The summed E-state index contributed by atoms with van der Waals surface area (Å²) in [5, 5.41) is 13.8. The van der Waals surface area contributed by atoms with Crippen molar-refractivity contribution in [3.8, 4) is 0 Å². The van der Waals surface area contributed by atoms with Crippen LogP contribution in [0.1, 0.15) is 109 Å². The molecule has 0 saturated heterocycles. The molecule has 2 aliphatic rings. The normalized spacial score (nSPS) is 18.7. The van der Waals surface area contributed by atoms with Gasteiger partial charge < -0.3 is 21.4 Å². The Balaban J connectivity index is 1.38. The van der Waals surface area contributed by atoms with Crippen molar-refractivity contribution in [2.75, 3.05) is 0 Å². The van der Waals surface area contributed by atoms with Crippen LogP contribution in [0.4, 0.5) is 22.0 Å². The Labute approximate surface area is 254 Å². The number of fused-ring (bicyclic) bond motifs is 1. The zero-order chi connectivity index (χ0) is 32.5. The number of nitrogens with one attached hydrogen (secondary N) is 3. The molecule has 3 amide bonds. The van der Waals surface area contributed by atoms with Crippen molar-refractivity contribution >= 4 is 28.8 Å². The van der Waals surface area contributed by atoms with Crippen molar-refractivity contribution in [3.05, 3.63) is 41.0 Å². The van der Waals surface area contributed by atoms with Crippen LogP contribution in [-0.2, 0) is 11.3 Å². The number of imidazole rings is 1. The topological polar surface area (TPSA) is 161 Å². The second kappa shape index (κ2) is 12.7. The molecule has 2 saturated carbocycles. The molecule has 0 radical (unpaired) electrons. The Hall–Kier alpha value is -4.11. The highest BCUT2D eigenvalue weighted by Crippen LogP contribution is 2.41. The van der Waals surface area contributed by atoms with Gasteiger partial charge in [0.05, 0.1) is 36.1 Å². The summed E-state index contributed by atoms with van der Waals surface area (Å²) in [5.74, 6) is -5.05. The Bertz CT molecular complexity index is 1550. The third-order valence-corrected chi connectivity index (χ3v) is 8.60. The van der Waals surface area contributed by atoms with Crippen LogP contribution in [-0.4, -0.2) is 54.8 Å². The first-order chi connectivity index (χ1) is 21.2. The van der Waals surface area contributed by atoms with Gasteiger partial charge in [0.25, 0.3) is 11.8 Å². The number of aromatic nitrogens is 5. The second-order valence-corrected chi connectivity index (χ2v) is 12.1. The van der Waals surface area contributed by atoms with Gasteiger partial charge in [0.15, 0.2) is 11.4 Å². The minimum Gasteiger partial charge on any atom is -0.364 e. The molecule has 0 spiro atoms. The molecule has 45 heavy (non-hydrogen) atoms. The standard InChI is InChI=1S/C29H35F5N8O3/c1-15(36-21(43)9-12-29(32,33)34)18-5-6-19-20(13-18)38-26(37-19)22(17-7-10-28(30,31)11-8-17)39-27(45)24-23(25(35)44)40-42(41-24)14-16-3-2-4-16/h5-6,13,15-17,22H,2-4,7-12,14H2,1H3,(H2,35,44)(H,36,43)(H,37,38)(H,39,45)/t15-,22+/m1/s1. The molecule has 244 valence electrons. The fourth-order valence-corrected chi connectivity index (χ4v) is 5.79. The number of aromatic amines is 1. The lowest BCUT2D eigenvalue weighted by Crippen LogP contribution is -2.38. The summed E-state index contributed by atoms with van der Waals surface area (Å²) < 4.78 is 65.6. The van der Waals surface area contributed by atoms with Crippen LogP contribution in [0.15, 0.2) is 18.2 Å². The molecule has 2 aromatic heterocycles. The van der Waals surface area contributed by atoms with Gasteiger partial charge >= 0.3 is 6.18 Å². The van der Waals surface area contributed by atoms with Gasteiger partial charge in [-0.25, -0.2) is 13.8 Å². The highest BCUT2D eigenvalue weighted by molar-refractivity contribution is 6.04. The molecule has 3 aromatic rings. The fraction of sp³-hybridized carbons (Fsp3) is 0.586. The molecule has 11 nitrogen and oxygen atoms in total. The van der Waals surface area contributed by atoms with Gasteiger partial charge in [-0.3, -0.25) is 14.4 Å². The van der Waals surface area contributed by atoms with E-state index in [1.54, 1.807) is 25.1 Å². The Morgan fingerprint density at radius 1 is 1.09 bits per heavy atom. The largest absolute Gasteiger partial charge is 0.389 e. The minimum absolute atomic E-state index is 0.0955. The summed E-state index contributed by atoms with van der Waals surface area (Å²) in [6.07, 6.45) is -3.87. The number of nitrogens with zero attached hydrogens (tertiary/aromatic N) is 4. The van der Waals surface area contributed by atoms with E-state index in [0.29, 0.717) is 29.1 Å². The molecule has 16 heteroatoms. The molecular weight excluding hydrogens is 603 g/mol. The maximum Gasteiger partial charge on any atom is 0.389 e. The van der Waals surface area contributed by atoms with E-state index >= 15 is 0 Å². The van der Waals surface area contributed by atoms with Gasteiger partial charge in [0, 0.05) is 19.3 Å². The second-order valence-electron chi connectivity index (χ2n) is 12.1. The molecule has 5 rings (SSSR count). The van der Waals surface area contributed by atoms with E-state index < -0.39 is 60.7 Å². The lowest BCUT2D eigenvalue weighted by molar-refractivity contribution is -0.144. The van der Waals surface area contributed by atoms with Crippen molar-refractivity contribution in [3.63, 3.8) is 0 Å². The van der Waals surface area contributed by atoms with Gasteiger partial charge in [-0.2, -0.15) is 18.0 Å². The average Bonchev–Trinajstić information content (AvgIpc) is 3.56. The van der Waals surface area contributed by atoms with Crippen LogP contribution >= 0.6 is 0 Å². The number of hydrogen-bond acceptors (Lipinski definition) is 6. The predicted octanol–water partition coefficient (Wildman–Crippen LogP) is 4.87. The number of amides is 3. The average molecular weight is 639 g/mol. The molecule has 0 bridgehead atoms. The summed E-state index contributed by atoms with van der Waals surface area (Å²) in [5.41, 5.74) is 6.52. The number of benzene rings is 1. The van der Waals surface area contributed by atoms with Crippen molar-refractivity contribution in [1.29, 1.82) is 0 Å². The zero-order valence-corrected chi connectivity index (χ0v) is 24.6. The smallest absolute Gasteiger partial charge is 0.364 e.